The molecule has 1 aromatic heterocycles. The second kappa shape index (κ2) is 7.15. The summed E-state index contributed by atoms with van der Waals surface area (Å²) in [5.74, 6) is 0.0236. The monoisotopic (exact) mass is 341 g/mol. The van der Waals surface area contributed by atoms with Crippen LogP contribution in [-0.2, 0) is 0 Å². The minimum atomic E-state index is 0.0236. The Kier molecular flexibility index (Phi) is 5.51. The van der Waals surface area contributed by atoms with Crippen LogP contribution in [0.2, 0.25) is 0 Å². The van der Waals surface area contributed by atoms with Gasteiger partial charge in [-0.15, -0.1) is 0 Å². The number of hydrogen-bond acceptors (Lipinski definition) is 4. The first-order chi connectivity index (χ1) is 9.65. The second-order valence-electron chi connectivity index (χ2n) is 4.96. The van der Waals surface area contributed by atoms with Crippen LogP contribution in [0.4, 0.5) is 0 Å². The molecule has 0 spiro atoms. The van der Waals surface area contributed by atoms with Gasteiger partial charge in [-0.3, -0.25) is 14.7 Å². The lowest BCUT2D eigenvalue weighted by atomic mass is 10.1. The number of piperazine rings is 1. The van der Waals surface area contributed by atoms with Gasteiger partial charge in [-0.05, 0) is 28.4 Å². The number of hydrogen-bond donors (Lipinski definition) is 1. The zero-order valence-corrected chi connectivity index (χ0v) is 13.2. The van der Waals surface area contributed by atoms with Gasteiger partial charge < -0.3 is 10.0 Å². The van der Waals surface area contributed by atoms with Crippen molar-refractivity contribution in [1.82, 2.24) is 14.8 Å². The third kappa shape index (κ3) is 3.56. The summed E-state index contributed by atoms with van der Waals surface area (Å²) < 4.78 is 0.813. The van der Waals surface area contributed by atoms with Gasteiger partial charge in [0.2, 0.25) is 0 Å². The Bertz CT molecular complexity index is 457. The van der Waals surface area contributed by atoms with Crippen molar-refractivity contribution in [3.63, 3.8) is 0 Å². The molecule has 1 atom stereocenters. The fraction of sp³-hybridized carbons (Fsp3) is 0.571. The predicted molar refractivity (Wildman–Crippen MR) is 80.6 cm³/mol. The maximum atomic E-state index is 12.4. The third-order valence-corrected chi connectivity index (χ3v) is 4.19. The van der Waals surface area contributed by atoms with Gasteiger partial charge in [0.05, 0.1) is 12.2 Å². The van der Waals surface area contributed by atoms with Crippen LogP contribution in [0.5, 0.6) is 0 Å². The number of aliphatic hydroxyl groups is 1. The van der Waals surface area contributed by atoms with E-state index in [0.29, 0.717) is 18.7 Å². The lowest BCUT2D eigenvalue weighted by molar-refractivity contribution is 0.0472. The lowest BCUT2D eigenvalue weighted by Crippen LogP contribution is -2.52. The molecule has 2 rings (SSSR count). The highest BCUT2D eigenvalue weighted by Crippen LogP contribution is 2.14. The van der Waals surface area contributed by atoms with E-state index >= 15 is 0 Å². The summed E-state index contributed by atoms with van der Waals surface area (Å²) in [5, 5.41) is 9.33. The van der Waals surface area contributed by atoms with Crippen LogP contribution in [0.15, 0.2) is 22.9 Å². The van der Waals surface area contributed by atoms with Crippen molar-refractivity contribution < 1.29 is 9.90 Å². The van der Waals surface area contributed by atoms with E-state index in [-0.39, 0.29) is 18.6 Å². The molecule has 110 valence electrons. The number of aromatic nitrogens is 1. The van der Waals surface area contributed by atoms with Gasteiger partial charge in [0.1, 0.15) is 0 Å². The van der Waals surface area contributed by atoms with Crippen molar-refractivity contribution in [2.45, 2.75) is 19.4 Å². The van der Waals surface area contributed by atoms with Crippen LogP contribution < -0.4 is 0 Å². The largest absolute Gasteiger partial charge is 0.395 e. The number of pyridine rings is 1. The van der Waals surface area contributed by atoms with Gasteiger partial charge in [0.25, 0.3) is 5.91 Å². The van der Waals surface area contributed by atoms with Crippen LogP contribution in [0.3, 0.4) is 0 Å². The van der Waals surface area contributed by atoms with Crippen LogP contribution >= 0.6 is 15.9 Å². The van der Waals surface area contributed by atoms with Gasteiger partial charge in [0, 0.05) is 49.1 Å². The number of halogens is 1. The van der Waals surface area contributed by atoms with Crippen LogP contribution in [0, 0.1) is 0 Å². The van der Waals surface area contributed by atoms with Gasteiger partial charge in [-0.2, -0.15) is 0 Å². The average molecular weight is 342 g/mol. The highest BCUT2D eigenvalue weighted by molar-refractivity contribution is 9.10. The SMILES string of the molecule is CCC(CO)N1CCN(C(=O)c2cncc(Br)c2)CC1. The zero-order valence-electron chi connectivity index (χ0n) is 11.6. The van der Waals surface area contributed by atoms with Crippen molar-refractivity contribution >= 4 is 21.8 Å². The Morgan fingerprint density at radius 2 is 2.10 bits per heavy atom. The van der Waals surface area contributed by atoms with Gasteiger partial charge in [-0.1, -0.05) is 6.92 Å². The Balaban J connectivity index is 1.95. The molecule has 2 heterocycles. The standard InChI is InChI=1S/C14H20BrN3O2/c1-2-13(10-19)17-3-5-18(6-4-17)14(20)11-7-12(15)9-16-8-11/h7-9,13,19H,2-6,10H2,1H3. The summed E-state index contributed by atoms with van der Waals surface area (Å²) in [4.78, 5) is 20.5. The fourth-order valence-corrected chi connectivity index (χ4v) is 2.87. The van der Waals surface area contributed by atoms with Crippen LogP contribution in [-0.4, -0.2) is 64.6 Å². The maximum Gasteiger partial charge on any atom is 0.255 e. The Morgan fingerprint density at radius 3 is 2.65 bits per heavy atom. The van der Waals surface area contributed by atoms with Crippen molar-refractivity contribution in [3.05, 3.63) is 28.5 Å². The molecule has 1 aliphatic heterocycles. The van der Waals surface area contributed by atoms with Crippen LogP contribution in [0.1, 0.15) is 23.7 Å². The summed E-state index contributed by atoms with van der Waals surface area (Å²) in [6.45, 7) is 5.27. The second-order valence-corrected chi connectivity index (χ2v) is 5.88. The molecule has 6 heteroatoms. The summed E-state index contributed by atoms with van der Waals surface area (Å²) in [7, 11) is 0. The molecular formula is C14H20BrN3O2. The van der Waals surface area contributed by atoms with Crippen molar-refractivity contribution in [3.8, 4) is 0 Å². The first-order valence-electron chi connectivity index (χ1n) is 6.90. The fourth-order valence-electron chi connectivity index (χ4n) is 2.50. The topological polar surface area (TPSA) is 56.7 Å². The van der Waals surface area contributed by atoms with Crippen molar-refractivity contribution in [2.75, 3.05) is 32.8 Å². The molecule has 1 amide bonds. The van der Waals surface area contributed by atoms with Crippen LogP contribution in [0.25, 0.3) is 0 Å². The van der Waals surface area contributed by atoms with E-state index in [4.69, 9.17) is 0 Å². The van der Waals surface area contributed by atoms with Gasteiger partial charge >= 0.3 is 0 Å². The molecule has 0 aliphatic carbocycles. The van der Waals surface area contributed by atoms with E-state index in [1.807, 2.05) is 4.90 Å². The first kappa shape index (κ1) is 15.4. The Labute approximate surface area is 127 Å². The molecule has 0 aromatic carbocycles. The molecule has 20 heavy (non-hydrogen) atoms. The zero-order chi connectivity index (χ0) is 14.5. The summed E-state index contributed by atoms with van der Waals surface area (Å²) in [5.41, 5.74) is 0.613. The van der Waals surface area contributed by atoms with E-state index in [0.717, 1.165) is 24.0 Å². The van der Waals surface area contributed by atoms with Crippen molar-refractivity contribution in [1.29, 1.82) is 0 Å². The molecule has 1 unspecified atom stereocenters. The molecule has 1 N–H and O–H groups in total. The van der Waals surface area contributed by atoms with E-state index in [9.17, 15) is 9.90 Å². The molecule has 1 aromatic rings. The number of carbonyl (C=O) groups excluding carboxylic acids is 1. The minimum absolute atomic E-state index is 0.0236. The smallest absolute Gasteiger partial charge is 0.255 e. The summed E-state index contributed by atoms with van der Waals surface area (Å²) in [6, 6.07) is 2.00. The molecule has 0 radical (unpaired) electrons. The quantitative estimate of drug-likeness (QED) is 0.898. The third-order valence-electron chi connectivity index (χ3n) is 3.75. The van der Waals surface area contributed by atoms with Gasteiger partial charge in [0.15, 0.2) is 0 Å². The summed E-state index contributed by atoms with van der Waals surface area (Å²) in [6.07, 6.45) is 4.20. The number of carbonyl (C=O) groups is 1. The normalized spacial score (nSPS) is 18.1. The van der Waals surface area contributed by atoms with E-state index in [1.54, 1.807) is 18.5 Å². The van der Waals surface area contributed by atoms with Gasteiger partial charge in [-0.25, -0.2) is 0 Å². The molecular weight excluding hydrogens is 322 g/mol. The molecule has 5 nitrogen and oxygen atoms in total. The Morgan fingerprint density at radius 1 is 1.40 bits per heavy atom. The van der Waals surface area contributed by atoms with E-state index < -0.39 is 0 Å². The minimum Gasteiger partial charge on any atom is -0.395 e. The predicted octanol–water partition coefficient (Wildman–Crippen LogP) is 1.37. The molecule has 1 saturated heterocycles. The van der Waals surface area contributed by atoms with E-state index in [1.165, 1.54) is 0 Å². The number of nitrogens with zero attached hydrogens (tertiary/aromatic N) is 3. The first-order valence-corrected chi connectivity index (χ1v) is 7.69. The Hall–Kier alpha value is -0.980. The average Bonchev–Trinajstić information content (AvgIpc) is 2.48. The maximum absolute atomic E-state index is 12.4. The number of amides is 1. The summed E-state index contributed by atoms with van der Waals surface area (Å²) >= 11 is 3.33. The number of aliphatic hydroxyl groups excluding tert-OH is 1. The lowest BCUT2D eigenvalue weighted by Gasteiger charge is -2.38. The molecule has 0 saturated carbocycles. The van der Waals surface area contributed by atoms with E-state index in [2.05, 4.69) is 32.7 Å². The highest BCUT2D eigenvalue weighted by atomic mass is 79.9. The molecule has 0 bridgehead atoms. The molecule has 1 fully saturated rings. The highest BCUT2D eigenvalue weighted by Gasteiger charge is 2.25. The molecule has 1 aliphatic rings. The van der Waals surface area contributed by atoms with Crippen molar-refractivity contribution in [2.24, 2.45) is 0 Å². The number of rotatable bonds is 4.